The van der Waals surface area contributed by atoms with E-state index < -0.39 is 0 Å². The van der Waals surface area contributed by atoms with Gasteiger partial charge in [0.05, 0.1) is 33.1 Å². The number of aromatic nitrogens is 6. The maximum atomic E-state index is 6.53. The summed E-state index contributed by atoms with van der Waals surface area (Å²) in [4.78, 5) is 19.8. The van der Waals surface area contributed by atoms with Crippen LogP contribution in [-0.2, 0) is 0 Å². The van der Waals surface area contributed by atoms with Crippen LogP contribution in [0, 0.1) is 0 Å². The second-order valence-corrected chi connectivity index (χ2v) is 15.8. The van der Waals surface area contributed by atoms with E-state index in [1.54, 1.807) is 0 Å². The highest BCUT2D eigenvalue weighted by molar-refractivity contribution is 6.26. The number of nitrogens with zero attached hydrogens (tertiary/aromatic N) is 6. The Hall–Kier alpha value is -8.76. The first-order chi connectivity index (χ1) is 30.7. The van der Waals surface area contributed by atoms with Crippen LogP contribution in [0.15, 0.2) is 175 Å². The summed E-state index contributed by atoms with van der Waals surface area (Å²) in [6.45, 7) is 0. The van der Waals surface area contributed by atoms with Gasteiger partial charge in [0.2, 0.25) is 23.6 Å². The molecular weight excluding hydrogens is 773 g/mol. The van der Waals surface area contributed by atoms with Crippen molar-refractivity contribution in [2.24, 2.45) is 0 Å². The lowest BCUT2D eigenvalue weighted by molar-refractivity contribution is 0.619. The van der Waals surface area contributed by atoms with E-state index in [2.05, 4.69) is 69.5 Å². The van der Waals surface area contributed by atoms with Crippen LogP contribution in [0.1, 0.15) is 0 Å². The predicted octanol–water partition coefficient (Wildman–Crippen LogP) is 13.5. The smallest absolute Gasteiger partial charge is 0.228 e. The van der Waals surface area contributed by atoms with Crippen molar-refractivity contribution in [2.45, 2.75) is 0 Å². The molecule has 0 aliphatic rings. The third-order valence-electron chi connectivity index (χ3n) is 12.4. The minimum Gasteiger partial charge on any atom is -0.436 e. The third kappa shape index (κ3) is 4.21. The molecule has 15 rings (SSSR count). The first-order valence-electron chi connectivity index (χ1n) is 20.4. The lowest BCUT2D eigenvalue weighted by Crippen LogP contribution is -1.98. The van der Waals surface area contributed by atoms with E-state index in [-0.39, 0.29) is 0 Å². The number of rotatable bonds is 4. The SMILES string of the molecule is c1ccc2oc(-c3ccc4c(c3)c3c(-c5nc6ccccc6o5)ccc5c3n4c3ccc(-c4nc6ccccc6o4)c4c6cc(-c7nc8ccccc8o7)ccc6n5c43)nc2c1. The molecule has 0 aliphatic carbocycles. The molecule has 15 aromatic rings. The van der Waals surface area contributed by atoms with E-state index >= 15 is 0 Å². The Morgan fingerprint density at radius 1 is 0.323 bits per heavy atom. The van der Waals surface area contributed by atoms with Gasteiger partial charge < -0.3 is 26.5 Å². The Balaban J connectivity index is 1.10. The molecule has 0 saturated carbocycles. The van der Waals surface area contributed by atoms with Gasteiger partial charge in [-0.2, -0.15) is 0 Å². The lowest BCUT2D eigenvalue weighted by Gasteiger charge is -2.13. The monoisotopic (exact) mass is 798 g/mol. The second-order valence-electron chi connectivity index (χ2n) is 15.8. The number of benzene rings is 8. The fourth-order valence-electron chi connectivity index (χ4n) is 9.71. The highest BCUT2D eigenvalue weighted by atomic mass is 16.4. The first kappa shape index (κ1) is 32.1. The standard InChI is InChI=1S/C52H26N6O4/c1-5-13-41-33(9-1)53-49(59-41)27-17-21-37-31(25-27)45-29(51-55-35-11-3-7-15-43(35)61-51)19-23-39-47(45)57(37)40-24-20-30(52-56-36-12-4-8-16-44(36)62-52)46-32-26-28(18-22-38(32)58(39)48(40)46)50-54-34-10-2-6-14-42(34)60-50/h1-26H. The van der Waals surface area contributed by atoms with Gasteiger partial charge in [-0.25, -0.2) is 19.9 Å². The van der Waals surface area contributed by atoms with Gasteiger partial charge in [-0.15, -0.1) is 0 Å². The highest BCUT2D eigenvalue weighted by Gasteiger charge is 2.28. The number of hydrogen-bond acceptors (Lipinski definition) is 8. The summed E-state index contributed by atoms with van der Waals surface area (Å²) in [5, 5.41) is 4.05. The maximum Gasteiger partial charge on any atom is 0.228 e. The van der Waals surface area contributed by atoms with E-state index in [1.807, 2.05) is 97.1 Å². The molecule has 0 spiro atoms. The zero-order valence-electron chi connectivity index (χ0n) is 32.3. The maximum absolute atomic E-state index is 6.53. The molecule has 7 heterocycles. The predicted molar refractivity (Wildman–Crippen MR) is 242 cm³/mol. The van der Waals surface area contributed by atoms with Crippen molar-refractivity contribution in [2.75, 3.05) is 0 Å². The minimum atomic E-state index is 0.548. The van der Waals surface area contributed by atoms with E-state index in [4.69, 9.17) is 37.6 Å². The van der Waals surface area contributed by atoms with Gasteiger partial charge in [-0.3, -0.25) is 0 Å². The Kier molecular flexibility index (Phi) is 5.96. The Morgan fingerprint density at radius 2 is 0.661 bits per heavy atom. The van der Waals surface area contributed by atoms with Crippen LogP contribution in [0.5, 0.6) is 0 Å². The van der Waals surface area contributed by atoms with Gasteiger partial charge in [0.25, 0.3) is 0 Å². The molecule has 0 fully saturated rings. The summed E-state index contributed by atoms with van der Waals surface area (Å²) in [5.41, 5.74) is 15.8. The summed E-state index contributed by atoms with van der Waals surface area (Å²) in [5.74, 6) is 2.21. The van der Waals surface area contributed by atoms with Crippen LogP contribution in [0.2, 0.25) is 0 Å². The van der Waals surface area contributed by atoms with Crippen molar-refractivity contribution in [3.05, 3.63) is 158 Å². The Morgan fingerprint density at radius 3 is 1.05 bits per heavy atom. The quantitative estimate of drug-likeness (QED) is 0.162. The molecule has 0 unspecified atom stereocenters. The molecule has 0 amide bonds. The lowest BCUT2D eigenvalue weighted by atomic mass is 10.0. The molecule has 7 aromatic heterocycles. The molecule has 0 radical (unpaired) electrons. The van der Waals surface area contributed by atoms with Gasteiger partial charge in [0.1, 0.15) is 22.1 Å². The molecule has 288 valence electrons. The fraction of sp³-hybridized carbons (Fsp3) is 0. The molecule has 10 nitrogen and oxygen atoms in total. The van der Waals surface area contributed by atoms with Gasteiger partial charge in [-0.05, 0) is 109 Å². The van der Waals surface area contributed by atoms with Gasteiger partial charge >= 0.3 is 0 Å². The van der Waals surface area contributed by atoms with Gasteiger partial charge in [0.15, 0.2) is 22.3 Å². The minimum absolute atomic E-state index is 0.548. The van der Waals surface area contributed by atoms with Crippen molar-refractivity contribution in [3.63, 3.8) is 0 Å². The number of hydrogen-bond donors (Lipinski definition) is 0. The van der Waals surface area contributed by atoms with Crippen LogP contribution < -0.4 is 0 Å². The van der Waals surface area contributed by atoms with Crippen LogP contribution >= 0.6 is 0 Å². The molecule has 0 N–H and O–H groups in total. The van der Waals surface area contributed by atoms with Crippen molar-refractivity contribution in [1.82, 2.24) is 28.7 Å². The number of fused-ring (bicyclic) bond motifs is 12. The zero-order valence-corrected chi connectivity index (χ0v) is 32.3. The third-order valence-corrected chi connectivity index (χ3v) is 12.4. The molecule has 62 heavy (non-hydrogen) atoms. The van der Waals surface area contributed by atoms with Crippen LogP contribution in [0.3, 0.4) is 0 Å². The van der Waals surface area contributed by atoms with Crippen LogP contribution in [0.4, 0.5) is 0 Å². The summed E-state index contributed by atoms with van der Waals surface area (Å²) in [6.07, 6.45) is 0. The molecule has 0 saturated heterocycles. The average molecular weight is 799 g/mol. The average Bonchev–Trinajstić information content (AvgIpc) is 4.18. The first-order valence-corrected chi connectivity index (χ1v) is 20.4. The van der Waals surface area contributed by atoms with E-state index in [1.165, 1.54) is 0 Å². The number of oxazole rings is 4. The Labute approximate surface area is 347 Å². The number of para-hydroxylation sites is 8. The summed E-state index contributed by atoms with van der Waals surface area (Å²) < 4.78 is 30.5. The molecular formula is C52H26N6O4. The molecule has 8 aromatic carbocycles. The van der Waals surface area contributed by atoms with E-state index in [9.17, 15) is 0 Å². The summed E-state index contributed by atoms with van der Waals surface area (Å²) in [7, 11) is 0. The Bertz CT molecular complexity index is 3950. The topological polar surface area (TPSA) is 113 Å². The summed E-state index contributed by atoms with van der Waals surface area (Å²) >= 11 is 0. The largest absolute Gasteiger partial charge is 0.436 e. The van der Waals surface area contributed by atoms with Gasteiger partial charge in [-0.1, -0.05) is 48.5 Å². The molecule has 0 aliphatic heterocycles. The molecule has 0 atom stereocenters. The summed E-state index contributed by atoms with van der Waals surface area (Å²) in [6, 6.07) is 53.0. The van der Waals surface area contributed by atoms with Crippen molar-refractivity contribution < 1.29 is 17.7 Å². The van der Waals surface area contributed by atoms with Crippen LogP contribution in [-0.4, -0.2) is 28.7 Å². The van der Waals surface area contributed by atoms with Gasteiger partial charge in [0, 0.05) is 43.8 Å². The van der Waals surface area contributed by atoms with Crippen molar-refractivity contribution in [1.29, 1.82) is 0 Å². The van der Waals surface area contributed by atoms with E-state index in [0.717, 1.165) is 121 Å². The second kappa shape index (κ2) is 11.5. The molecule has 0 bridgehead atoms. The molecule has 10 heteroatoms. The normalized spacial score (nSPS) is 12.5. The zero-order chi connectivity index (χ0) is 40.2. The fourth-order valence-corrected chi connectivity index (χ4v) is 9.71. The van der Waals surface area contributed by atoms with Crippen molar-refractivity contribution in [3.8, 4) is 45.8 Å². The highest BCUT2D eigenvalue weighted by Crippen LogP contribution is 2.48. The van der Waals surface area contributed by atoms with Crippen molar-refractivity contribution >= 4 is 99.0 Å². The van der Waals surface area contributed by atoms with Crippen LogP contribution in [0.25, 0.3) is 145 Å². The van der Waals surface area contributed by atoms with E-state index in [0.29, 0.717) is 23.6 Å².